The number of hydrogen-bond donors (Lipinski definition) is 1. The minimum absolute atomic E-state index is 0.242. The predicted molar refractivity (Wildman–Crippen MR) is 78.4 cm³/mol. The summed E-state index contributed by atoms with van der Waals surface area (Å²) in [5.74, 6) is 0. The Morgan fingerprint density at radius 3 is 2.71 bits per heavy atom. The summed E-state index contributed by atoms with van der Waals surface area (Å²) in [5, 5.41) is 4.85. The summed E-state index contributed by atoms with van der Waals surface area (Å²) in [7, 11) is 0. The van der Waals surface area contributed by atoms with E-state index in [-0.39, 0.29) is 6.04 Å². The first-order valence-corrected chi connectivity index (χ1v) is 7.78. The number of nitrogens with one attached hydrogen (secondary N) is 1. The van der Waals surface area contributed by atoms with E-state index in [9.17, 15) is 0 Å². The lowest BCUT2D eigenvalue weighted by Gasteiger charge is -2.20. The van der Waals surface area contributed by atoms with Crippen molar-refractivity contribution in [3.63, 3.8) is 0 Å². The van der Waals surface area contributed by atoms with Crippen LogP contribution in [0.5, 0.6) is 0 Å². The molecule has 1 fully saturated rings. The highest BCUT2D eigenvalue weighted by molar-refractivity contribution is 8.00. The van der Waals surface area contributed by atoms with Crippen molar-refractivity contribution < 1.29 is 0 Å². The van der Waals surface area contributed by atoms with Gasteiger partial charge >= 0.3 is 0 Å². The van der Waals surface area contributed by atoms with Crippen molar-refractivity contribution in [1.29, 1.82) is 0 Å². The van der Waals surface area contributed by atoms with Gasteiger partial charge in [-0.05, 0) is 37.7 Å². The number of rotatable bonds is 5. The van der Waals surface area contributed by atoms with E-state index in [0.29, 0.717) is 14.8 Å². The molecule has 1 atom stereocenters. The molecule has 1 aliphatic carbocycles. The molecule has 1 aromatic carbocycles. The van der Waals surface area contributed by atoms with Gasteiger partial charge in [0.1, 0.15) is 0 Å². The average Bonchev–Trinajstić information content (AvgIpc) is 3.10. The zero-order valence-electron chi connectivity index (χ0n) is 10.1. The molecule has 0 aromatic heterocycles. The Kier molecular flexibility index (Phi) is 4.30. The standard InChI is InChI=1S/C13H17Cl2NS/c1-9(16-8-13(17-2)6-7-13)10-4-3-5-11(14)12(10)15/h3-5,9,16H,6-8H2,1-2H3. The van der Waals surface area contributed by atoms with Gasteiger partial charge in [0.05, 0.1) is 10.0 Å². The van der Waals surface area contributed by atoms with Gasteiger partial charge in [0.25, 0.3) is 0 Å². The molecule has 0 saturated heterocycles. The molecule has 1 N–H and O–H groups in total. The van der Waals surface area contributed by atoms with Gasteiger partial charge in [0, 0.05) is 17.3 Å². The van der Waals surface area contributed by atoms with Crippen LogP contribution in [-0.2, 0) is 0 Å². The van der Waals surface area contributed by atoms with Crippen molar-refractivity contribution in [3.8, 4) is 0 Å². The molecule has 1 aromatic rings. The van der Waals surface area contributed by atoms with Crippen LogP contribution in [0, 0.1) is 0 Å². The normalized spacial score (nSPS) is 19.1. The van der Waals surface area contributed by atoms with E-state index in [0.717, 1.165) is 12.1 Å². The topological polar surface area (TPSA) is 12.0 Å². The van der Waals surface area contributed by atoms with E-state index in [1.807, 2.05) is 30.0 Å². The smallest absolute Gasteiger partial charge is 0.0639 e. The molecule has 1 aliphatic rings. The van der Waals surface area contributed by atoms with Crippen molar-refractivity contribution in [3.05, 3.63) is 33.8 Å². The van der Waals surface area contributed by atoms with Crippen molar-refractivity contribution in [2.45, 2.75) is 30.6 Å². The highest BCUT2D eigenvalue weighted by atomic mass is 35.5. The van der Waals surface area contributed by atoms with Crippen LogP contribution in [0.15, 0.2) is 18.2 Å². The maximum absolute atomic E-state index is 6.21. The minimum atomic E-state index is 0.242. The van der Waals surface area contributed by atoms with Gasteiger partial charge in [0.15, 0.2) is 0 Å². The summed E-state index contributed by atoms with van der Waals surface area (Å²) < 4.78 is 0.472. The molecule has 4 heteroatoms. The average molecular weight is 290 g/mol. The van der Waals surface area contributed by atoms with Gasteiger partial charge < -0.3 is 5.32 Å². The van der Waals surface area contributed by atoms with Crippen LogP contribution >= 0.6 is 35.0 Å². The maximum Gasteiger partial charge on any atom is 0.0639 e. The number of hydrogen-bond acceptors (Lipinski definition) is 2. The predicted octanol–water partition coefficient (Wildman–Crippen LogP) is 4.54. The molecule has 2 rings (SSSR count). The van der Waals surface area contributed by atoms with Crippen LogP contribution in [0.25, 0.3) is 0 Å². The van der Waals surface area contributed by atoms with E-state index in [1.165, 1.54) is 12.8 Å². The summed E-state index contributed by atoms with van der Waals surface area (Å²) in [6.45, 7) is 3.17. The molecule has 0 spiro atoms. The summed E-state index contributed by atoms with van der Waals surface area (Å²) in [6, 6.07) is 6.05. The molecule has 1 saturated carbocycles. The van der Waals surface area contributed by atoms with Crippen LogP contribution in [0.1, 0.15) is 31.4 Å². The summed E-state index contributed by atoms with van der Waals surface area (Å²) in [5.41, 5.74) is 1.08. The van der Waals surface area contributed by atoms with E-state index in [2.05, 4.69) is 18.5 Å². The van der Waals surface area contributed by atoms with E-state index in [4.69, 9.17) is 23.2 Å². The first-order chi connectivity index (χ1) is 8.08. The Morgan fingerprint density at radius 2 is 2.12 bits per heavy atom. The molecule has 0 amide bonds. The zero-order chi connectivity index (χ0) is 12.5. The van der Waals surface area contributed by atoms with Crippen LogP contribution in [0.2, 0.25) is 10.0 Å². The highest BCUT2D eigenvalue weighted by Gasteiger charge is 2.41. The molecule has 0 radical (unpaired) electrons. The first kappa shape index (κ1) is 13.5. The number of thioether (sulfide) groups is 1. The Labute approximate surface area is 117 Å². The van der Waals surface area contributed by atoms with Gasteiger partial charge in [-0.15, -0.1) is 0 Å². The third-order valence-corrected chi connectivity index (χ3v) is 5.67. The van der Waals surface area contributed by atoms with Crippen molar-refractivity contribution in [1.82, 2.24) is 5.32 Å². The first-order valence-electron chi connectivity index (χ1n) is 5.80. The highest BCUT2D eigenvalue weighted by Crippen LogP contribution is 2.46. The Morgan fingerprint density at radius 1 is 1.41 bits per heavy atom. The quantitative estimate of drug-likeness (QED) is 0.854. The largest absolute Gasteiger partial charge is 0.309 e. The monoisotopic (exact) mass is 289 g/mol. The second kappa shape index (κ2) is 5.40. The van der Waals surface area contributed by atoms with Crippen LogP contribution in [0.4, 0.5) is 0 Å². The fourth-order valence-electron chi connectivity index (χ4n) is 1.90. The molecule has 17 heavy (non-hydrogen) atoms. The van der Waals surface area contributed by atoms with E-state index in [1.54, 1.807) is 0 Å². The summed E-state index contributed by atoms with van der Waals surface area (Å²) >= 11 is 14.2. The molecule has 94 valence electrons. The molecule has 0 heterocycles. The van der Waals surface area contributed by atoms with Gasteiger partial charge in [-0.1, -0.05) is 35.3 Å². The Hall–Kier alpha value is 0.110. The van der Waals surface area contributed by atoms with Crippen molar-refractivity contribution in [2.24, 2.45) is 0 Å². The molecule has 0 aliphatic heterocycles. The maximum atomic E-state index is 6.21. The third-order valence-electron chi connectivity index (χ3n) is 3.42. The lowest BCUT2D eigenvalue weighted by Crippen LogP contribution is -2.28. The Bertz CT molecular complexity index is 404. The van der Waals surface area contributed by atoms with Crippen molar-refractivity contribution in [2.75, 3.05) is 12.8 Å². The Balaban J connectivity index is 2.00. The second-order valence-corrected chi connectivity index (χ2v) is 6.69. The van der Waals surface area contributed by atoms with E-state index >= 15 is 0 Å². The second-order valence-electron chi connectivity index (χ2n) is 4.63. The molecule has 1 nitrogen and oxygen atoms in total. The molecular formula is C13H17Cl2NS. The SMILES string of the molecule is CSC1(CNC(C)c2cccc(Cl)c2Cl)CC1. The summed E-state index contributed by atoms with van der Waals surface area (Å²) in [6.07, 6.45) is 4.82. The van der Waals surface area contributed by atoms with Crippen LogP contribution in [0.3, 0.4) is 0 Å². The van der Waals surface area contributed by atoms with E-state index < -0.39 is 0 Å². The lowest BCUT2D eigenvalue weighted by atomic mass is 10.1. The third kappa shape index (κ3) is 3.11. The molecule has 1 unspecified atom stereocenters. The minimum Gasteiger partial charge on any atom is -0.309 e. The van der Waals surface area contributed by atoms with Gasteiger partial charge in [-0.25, -0.2) is 0 Å². The lowest BCUT2D eigenvalue weighted by molar-refractivity contribution is 0.563. The van der Waals surface area contributed by atoms with Gasteiger partial charge in [-0.3, -0.25) is 0 Å². The van der Waals surface area contributed by atoms with Crippen molar-refractivity contribution >= 4 is 35.0 Å². The fourth-order valence-corrected chi connectivity index (χ4v) is 3.11. The van der Waals surface area contributed by atoms with Crippen LogP contribution < -0.4 is 5.32 Å². The van der Waals surface area contributed by atoms with Crippen LogP contribution in [-0.4, -0.2) is 17.5 Å². The van der Waals surface area contributed by atoms with Gasteiger partial charge in [-0.2, -0.15) is 11.8 Å². The number of halogens is 2. The number of benzene rings is 1. The molecular weight excluding hydrogens is 273 g/mol. The summed E-state index contributed by atoms with van der Waals surface area (Å²) in [4.78, 5) is 0. The fraction of sp³-hybridized carbons (Fsp3) is 0.538. The molecule has 0 bridgehead atoms. The zero-order valence-corrected chi connectivity index (χ0v) is 12.4. The van der Waals surface area contributed by atoms with Gasteiger partial charge in [0.2, 0.25) is 0 Å².